The van der Waals surface area contributed by atoms with Crippen molar-refractivity contribution < 1.29 is 4.74 Å². The van der Waals surface area contributed by atoms with Gasteiger partial charge in [-0.25, -0.2) is 0 Å². The molecular weight excluding hydrogens is 272 g/mol. The van der Waals surface area contributed by atoms with Gasteiger partial charge in [-0.2, -0.15) is 0 Å². The maximum atomic E-state index is 6.81. The van der Waals surface area contributed by atoms with Crippen LogP contribution in [0.1, 0.15) is 57.9 Å². The van der Waals surface area contributed by atoms with E-state index in [1.165, 1.54) is 24.8 Å². The van der Waals surface area contributed by atoms with E-state index in [9.17, 15) is 0 Å². The normalized spacial score (nSPS) is 22.5. The molecule has 22 heavy (non-hydrogen) atoms. The van der Waals surface area contributed by atoms with Gasteiger partial charge in [0.2, 0.25) is 0 Å². The lowest BCUT2D eigenvalue weighted by Crippen LogP contribution is -2.45. The van der Waals surface area contributed by atoms with Gasteiger partial charge in [0.05, 0.1) is 18.0 Å². The molecule has 3 heteroatoms. The molecule has 1 heterocycles. The van der Waals surface area contributed by atoms with Crippen LogP contribution in [0.2, 0.25) is 0 Å². The minimum absolute atomic E-state index is 0.108. The third-order valence-electron chi connectivity index (χ3n) is 5.12. The Kier molecular flexibility index (Phi) is 4.82. The summed E-state index contributed by atoms with van der Waals surface area (Å²) in [6.07, 6.45) is 7.27. The summed E-state index contributed by atoms with van der Waals surface area (Å²) in [4.78, 5) is 6.88. The molecule has 0 spiro atoms. The second-order valence-corrected chi connectivity index (χ2v) is 6.52. The molecule has 1 aromatic rings. The summed E-state index contributed by atoms with van der Waals surface area (Å²) in [5.74, 6) is 1.13. The largest absolute Gasteiger partial charge is 0.347 e. The highest BCUT2D eigenvalue weighted by Gasteiger charge is 2.38. The van der Waals surface area contributed by atoms with Crippen molar-refractivity contribution in [2.24, 2.45) is 4.99 Å². The summed E-state index contributed by atoms with van der Waals surface area (Å²) in [6.45, 7) is 6.23. The lowest BCUT2D eigenvalue weighted by molar-refractivity contribution is -0.158. The van der Waals surface area contributed by atoms with Gasteiger partial charge in [-0.05, 0) is 31.7 Å². The molecule has 1 fully saturated rings. The van der Waals surface area contributed by atoms with E-state index in [4.69, 9.17) is 4.74 Å². The first-order valence-electron chi connectivity index (χ1n) is 8.76. The first-order valence-corrected chi connectivity index (χ1v) is 8.76. The summed E-state index contributed by atoms with van der Waals surface area (Å²) in [5.41, 5.74) is 1.24. The van der Waals surface area contributed by atoms with Crippen molar-refractivity contribution in [1.82, 2.24) is 4.90 Å². The Hall–Kier alpha value is -1.35. The van der Waals surface area contributed by atoms with Crippen LogP contribution in [0, 0.1) is 0 Å². The number of rotatable bonds is 5. The molecule has 0 N–H and O–H groups in total. The Balaban J connectivity index is 1.85. The van der Waals surface area contributed by atoms with Crippen LogP contribution in [0.4, 0.5) is 0 Å². The van der Waals surface area contributed by atoms with E-state index < -0.39 is 0 Å². The smallest absolute Gasteiger partial charge is 0.131 e. The van der Waals surface area contributed by atoms with E-state index in [1.54, 1.807) is 0 Å². The van der Waals surface area contributed by atoms with Crippen molar-refractivity contribution in [3.8, 4) is 0 Å². The number of nitrogens with zero attached hydrogens (tertiary/aromatic N) is 2. The average Bonchev–Trinajstić information content (AvgIpc) is 3.00. The van der Waals surface area contributed by atoms with Crippen molar-refractivity contribution in [2.75, 3.05) is 13.1 Å². The Morgan fingerprint density at radius 1 is 1.18 bits per heavy atom. The van der Waals surface area contributed by atoms with E-state index >= 15 is 0 Å². The van der Waals surface area contributed by atoms with Gasteiger partial charge in [0.15, 0.2) is 0 Å². The molecular formula is C19H28N2O. The molecule has 120 valence electrons. The SMILES string of the molecule is CCC(OC1(c2ccccc2)CCCCC1)N1CCN=C1C. The highest BCUT2D eigenvalue weighted by atomic mass is 16.5. The average molecular weight is 300 g/mol. The Labute approximate surface area is 134 Å². The molecule has 1 atom stereocenters. The third kappa shape index (κ3) is 3.05. The highest BCUT2D eigenvalue weighted by molar-refractivity contribution is 5.81. The number of hydrogen-bond donors (Lipinski definition) is 0. The van der Waals surface area contributed by atoms with Gasteiger partial charge in [-0.1, -0.05) is 56.5 Å². The van der Waals surface area contributed by atoms with Gasteiger partial charge >= 0.3 is 0 Å². The van der Waals surface area contributed by atoms with E-state index in [0.717, 1.165) is 38.2 Å². The highest BCUT2D eigenvalue weighted by Crippen LogP contribution is 2.42. The van der Waals surface area contributed by atoms with E-state index in [0.29, 0.717) is 0 Å². The molecule has 2 aliphatic rings. The van der Waals surface area contributed by atoms with Crippen molar-refractivity contribution >= 4 is 5.84 Å². The Bertz CT molecular complexity index is 505. The zero-order chi connectivity index (χ0) is 15.4. The number of aliphatic imine (C=N–C) groups is 1. The van der Waals surface area contributed by atoms with Gasteiger partial charge in [0.1, 0.15) is 6.23 Å². The zero-order valence-electron chi connectivity index (χ0n) is 13.9. The minimum Gasteiger partial charge on any atom is -0.347 e. The van der Waals surface area contributed by atoms with Gasteiger partial charge in [0, 0.05) is 6.54 Å². The maximum absolute atomic E-state index is 6.81. The molecule has 0 amide bonds. The summed E-state index contributed by atoms with van der Waals surface area (Å²) < 4.78 is 6.81. The molecule has 1 aliphatic heterocycles. The standard InChI is InChI=1S/C19H28N2O/c1-3-18(21-15-14-20-16(21)2)22-19(12-8-5-9-13-19)17-10-6-4-7-11-17/h4,6-7,10-11,18H,3,5,8-9,12-15H2,1-2H3. The van der Waals surface area contributed by atoms with Crippen molar-refractivity contribution in [2.45, 2.75) is 64.2 Å². The maximum Gasteiger partial charge on any atom is 0.131 e. The fourth-order valence-electron chi connectivity index (χ4n) is 3.89. The Morgan fingerprint density at radius 3 is 2.50 bits per heavy atom. The first-order chi connectivity index (χ1) is 10.7. The predicted molar refractivity (Wildman–Crippen MR) is 91.1 cm³/mol. The molecule has 1 aromatic carbocycles. The van der Waals surface area contributed by atoms with Gasteiger partial charge in [-0.3, -0.25) is 4.99 Å². The molecule has 3 rings (SSSR count). The lowest BCUT2D eigenvalue weighted by atomic mass is 9.79. The summed E-state index contributed by atoms with van der Waals surface area (Å²) in [5, 5.41) is 0. The van der Waals surface area contributed by atoms with Crippen LogP contribution in [-0.4, -0.2) is 30.1 Å². The second kappa shape index (κ2) is 6.82. The third-order valence-corrected chi connectivity index (χ3v) is 5.12. The van der Waals surface area contributed by atoms with Crippen molar-refractivity contribution in [3.63, 3.8) is 0 Å². The first kappa shape index (κ1) is 15.5. The quantitative estimate of drug-likeness (QED) is 0.808. The summed E-state index contributed by atoms with van der Waals surface area (Å²) in [7, 11) is 0. The summed E-state index contributed by atoms with van der Waals surface area (Å²) >= 11 is 0. The second-order valence-electron chi connectivity index (χ2n) is 6.52. The number of amidine groups is 1. The lowest BCUT2D eigenvalue weighted by Gasteiger charge is -2.43. The number of benzene rings is 1. The van der Waals surface area contributed by atoms with E-state index in [-0.39, 0.29) is 11.8 Å². The Morgan fingerprint density at radius 2 is 1.91 bits per heavy atom. The fraction of sp³-hybridized carbons (Fsp3) is 0.632. The summed E-state index contributed by atoms with van der Waals surface area (Å²) in [6, 6.07) is 10.8. The van der Waals surface area contributed by atoms with E-state index in [1.807, 2.05) is 0 Å². The molecule has 0 saturated heterocycles. The van der Waals surface area contributed by atoms with Crippen LogP contribution in [-0.2, 0) is 10.3 Å². The van der Waals surface area contributed by atoms with Gasteiger partial charge in [-0.15, -0.1) is 0 Å². The van der Waals surface area contributed by atoms with Crippen LogP contribution in [0.3, 0.4) is 0 Å². The van der Waals surface area contributed by atoms with Crippen molar-refractivity contribution in [1.29, 1.82) is 0 Å². The number of ether oxygens (including phenoxy) is 1. The topological polar surface area (TPSA) is 24.8 Å². The number of hydrogen-bond acceptors (Lipinski definition) is 3. The minimum atomic E-state index is -0.108. The van der Waals surface area contributed by atoms with E-state index in [2.05, 4.69) is 54.1 Å². The zero-order valence-corrected chi connectivity index (χ0v) is 13.9. The molecule has 0 radical (unpaired) electrons. The molecule has 0 bridgehead atoms. The fourth-order valence-corrected chi connectivity index (χ4v) is 3.89. The van der Waals surface area contributed by atoms with Crippen LogP contribution in [0.25, 0.3) is 0 Å². The van der Waals surface area contributed by atoms with Crippen molar-refractivity contribution in [3.05, 3.63) is 35.9 Å². The van der Waals surface area contributed by atoms with Crippen LogP contribution >= 0.6 is 0 Å². The molecule has 3 nitrogen and oxygen atoms in total. The molecule has 0 aromatic heterocycles. The van der Waals surface area contributed by atoms with Gasteiger partial charge < -0.3 is 9.64 Å². The molecule has 1 saturated carbocycles. The van der Waals surface area contributed by atoms with Gasteiger partial charge in [0.25, 0.3) is 0 Å². The predicted octanol–water partition coefficient (Wildman–Crippen LogP) is 4.33. The molecule has 1 aliphatic carbocycles. The monoisotopic (exact) mass is 300 g/mol. The van der Waals surface area contributed by atoms with Crippen LogP contribution < -0.4 is 0 Å². The van der Waals surface area contributed by atoms with Crippen LogP contribution in [0.5, 0.6) is 0 Å². The molecule has 1 unspecified atom stereocenters. The van der Waals surface area contributed by atoms with Crippen LogP contribution in [0.15, 0.2) is 35.3 Å².